The van der Waals surface area contributed by atoms with Crippen molar-refractivity contribution in [1.82, 2.24) is 4.90 Å². The number of aromatic hydroxyl groups is 1. The second kappa shape index (κ2) is 11.1. The fourth-order valence-corrected chi connectivity index (χ4v) is 4.94. The van der Waals surface area contributed by atoms with Crippen molar-refractivity contribution >= 4 is 29.1 Å². The summed E-state index contributed by atoms with van der Waals surface area (Å²) in [6.07, 6.45) is 0.333. The van der Waals surface area contributed by atoms with Crippen molar-refractivity contribution in [3.8, 4) is 17.2 Å². The molecule has 1 unspecified atom stereocenters. The van der Waals surface area contributed by atoms with Crippen LogP contribution in [-0.2, 0) is 16.0 Å². The van der Waals surface area contributed by atoms with E-state index in [1.54, 1.807) is 44.2 Å². The maximum Gasteiger partial charge on any atom is 0.295 e. The van der Waals surface area contributed by atoms with Gasteiger partial charge in [0.1, 0.15) is 17.3 Å². The first kappa shape index (κ1) is 27.0. The Kier molecular flexibility index (Phi) is 7.92. The first-order valence-corrected chi connectivity index (χ1v) is 12.4. The SMILES string of the molecule is CCOc1cc(C2/C(=C(\O)c3cc(C)cc(Cl)c3OC)C(=O)C(=O)N2CCc2ccc(F)cc2)ccc1O. The molecule has 1 aliphatic heterocycles. The summed E-state index contributed by atoms with van der Waals surface area (Å²) in [6, 6.07) is 12.6. The molecule has 1 aliphatic rings. The maximum absolute atomic E-state index is 13.4. The molecule has 1 atom stereocenters. The molecule has 198 valence electrons. The molecule has 0 saturated carbocycles. The van der Waals surface area contributed by atoms with Crippen LogP contribution in [0.2, 0.25) is 5.02 Å². The third-order valence-corrected chi connectivity index (χ3v) is 6.62. The summed E-state index contributed by atoms with van der Waals surface area (Å²) in [5.74, 6) is -2.28. The number of phenolic OH excluding ortho intramolecular Hbond substituents is 1. The number of amides is 1. The summed E-state index contributed by atoms with van der Waals surface area (Å²) in [5.41, 5.74) is 1.94. The minimum atomic E-state index is -1.00. The average molecular weight is 540 g/mol. The van der Waals surface area contributed by atoms with E-state index in [-0.39, 0.29) is 52.4 Å². The van der Waals surface area contributed by atoms with Gasteiger partial charge < -0.3 is 24.6 Å². The van der Waals surface area contributed by atoms with Crippen molar-refractivity contribution in [1.29, 1.82) is 0 Å². The van der Waals surface area contributed by atoms with Gasteiger partial charge in [-0.05, 0) is 73.4 Å². The van der Waals surface area contributed by atoms with Crippen LogP contribution in [0.1, 0.15) is 35.2 Å². The van der Waals surface area contributed by atoms with Gasteiger partial charge in [-0.2, -0.15) is 0 Å². The molecule has 0 aliphatic carbocycles. The summed E-state index contributed by atoms with van der Waals surface area (Å²) in [6.45, 7) is 3.92. The number of ketones is 1. The molecule has 7 nitrogen and oxygen atoms in total. The predicted molar refractivity (Wildman–Crippen MR) is 141 cm³/mol. The van der Waals surface area contributed by atoms with Gasteiger partial charge in [-0.15, -0.1) is 0 Å². The van der Waals surface area contributed by atoms with Crippen molar-refractivity contribution in [2.45, 2.75) is 26.3 Å². The highest BCUT2D eigenvalue weighted by atomic mass is 35.5. The molecule has 4 rings (SSSR count). The topological polar surface area (TPSA) is 96.3 Å². The third kappa shape index (κ3) is 5.17. The molecule has 38 heavy (non-hydrogen) atoms. The third-order valence-electron chi connectivity index (χ3n) is 6.34. The molecule has 9 heteroatoms. The first-order chi connectivity index (χ1) is 18.2. The first-order valence-electron chi connectivity index (χ1n) is 12.0. The second-order valence-corrected chi connectivity index (χ2v) is 9.26. The van der Waals surface area contributed by atoms with Gasteiger partial charge in [0.2, 0.25) is 0 Å². The number of halogens is 2. The number of rotatable bonds is 8. The van der Waals surface area contributed by atoms with Crippen LogP contribution in [0.25, 0.3) is 5.76 Å². The number of nitrogens with zero attached hydrogens (tertiary/aromatic N) is 1. The Morgan fingerprint density at radius 3 is 2.47 bits per heavy atom. The highest BCUT2D eigenvalue weighted by molar-refractivity contribution is 6.46. The van der Waals surface area contributed by atoms with Crippen molar-refractivity contribution in [3.05, 3.63) is 93.3 Å². The molecule has 3 aromatic rings. The molecule has 0 spiro atoms. The summed E-state index contributed by atoms with van der Waals surface area (Å²) in [4.78, 5) is 28.1. The molecule has 1 fully saturated rings. The number of benzene rings is 3. The molecular weight excluding hydrogens is 513 g/mol. The molecular formula is C29H27ClFNO6. The van der Waals surface area contributed by atoms with E-state index in [4.69, 9.17) is 21.1 Å². The van der Waals surface area contributed by atoms with Gasteiger partial charge >= 0.3 is 0 Å². The second-order valence-electron chi connectivity index (χ2n) is 8.86. The summed E-state index contributed by atoms with van der Waals surface area (Å²) in [7, 11) is 1.39. The minimum absolute atomic E-state index is 0.105. The van der Waals surface area contributed by atoms with Crippen molar-refractivity contribution < 1.29 is 33.7 Å². The number of likely N-dealkylation sites (tertiary alicyclic amines) is 1. The quantitative estimate of drug-likeness (QED) is 0.221. The van der Waals surface area contributed by atoms with E-state index < -0.39 is 23.5 Å². The van der Waals surface area contributed by atoms with Crippen molar-refractivity contribution in [2.75, 3.05) is 20.3 Å². The Bertz CT molecular complexity index is 1420. The molecule has 1 amide bonds. The fourth-order valence-electron chi connectivity index (χ4n) is 4.59. The van der Waals surface area contributed by atoms with E-state index in [1.165, 1.54) is 36.3 Å². The van der Waals surface area contributed by atoms with Crippen LogP contribution >= 0.6 is 11.6 Å². The Balaban J connectivity index is 1.88. The summed E-state index contributed by atoms with van der Waals surface area (Å²) < 4.78 is 24.3. The number of hydrogen-bond acceptors (Lipinski definition) is 6. The average Bonchev–Trinajstić information content (AvgIpc) is 3.14. The van der Waals surface area contributed by atoms with Crippen LogP contribution < -0.4 is 9.47 Å². The highest BCUT2D eigenvalue weighted by Crippen LogP contribution is 2.44. The van der Waals surface area contributed by atoms with E-state index in [1.807, 2.05) is 0 Å². The van der Waals surface area contributed by atoms with Crippen molar-refractivity contribution in [3.63, 3.8) is 0 Å². The Morgan fingerprint density at radius 1 is 1.11 bits per heavy atom. The van der Waals surface area contributed by atoms with Crippen LogP contribution in [0.3, 0.4) is 0 Å². The van der Waals surface area contributed by atoms with Gasteiger partial charge in [0.05, 0.1) is 35.9 Å². The van der Waals surface area contributed by atoms with Gasteiger partial charge in [0.15, 0.2) is 11.5 Å². The predicted octanol–water partition coefficient (Wildman–Crippen LogP) is 5.56. The van der Waals surface area contributed by atoms with Crippen LogP contribution in [0.5, 0.6) is 17.2 Å². The van der Waals surface area contributed by atoms with Crippen LogP contribution in [0, 0.1) is 12.7 Å². The van der Waals surface area contributed by atoms with E-state index >= 15 is 0 Å². The van der Waals surface area contributed by atoms with E-state index in [0.29, 0.717) is 17.5 Å². The van der Waals surface area contributed by atoms with Crippen LogP contribution in [0.4, 0.5) is 4.39 Å². The lowest BCUT2D eigenvalue weighted by Gasteiger charge is -2.26. The lowest BCUT2D eigenvalue weighted by molar-refractivity contribution is -0.139. The number of aliphatic hydroxyl groups is 1. The number of carbonyl (C=O) groups is 2. The number of phenols is 1. The Labute approximate surface area is 224 Å². The normalized spacial score (nSPS) is 16.7. The minimum Gasteiger partial charge on any atom is -0.507 e. The van der Waals surface area contributed by atoms with Gasteiger partial charge in [0, 0.05) is 6.54 Å². The number of Topliss-reactive ketones (excluding diaryl/α,β-unsaturated/α-hetero) is 1. The number of methoxy groups -OCH3 is 1. The Hall–Kier alpha value is -4.04. The number of aryl methyl sites for hydroxylation is 1. The molecule has 3 aromatic carbocycles. The van der Waals surface area contributed by atoms with Gasteiger partial charge in [-0.1, -0.05) is 29.8 Å². The number of aliphatic hydroxyl groups excluding tert-OH is 1. The zero-order valence-electron chi connectivity index (χ0n) is 21.1. The fraction of sp³-hybridized carbons (Fsp3) is 0.241. The zero-order chi connectivity index (χ0) is 27.6. The number of carbonyl (C=O) groups excluding carboxylic acids is 2. The molecule has 0 radical (unpaired) electrons. The zero-order valence-corrected chi connectivity index (χ0v) is 21.9. The largest absolute Gasteiger partial charge is 0.507 e. The van der Waals surface area contributed by atoms with Crippen molar-refractivity contribution in [2.24, 2.45) is 0 Å². The highest BCUT2D eigenvalue weighted by Gasteiger charge is 2.46. The van der Waals surface area contributed by atoms with Crippen LogP contribution in [-0.4, -0.2) is 47.1 Å². The molecule has 2 N–H and O–H groups in total. The molecule has 1 heterocycles. The Morgan fingerprint density at radius 2 is 1.82 bits per heavy atom. The standard InChI is InChI=1S/C29H27ClFNO6/c1-4-38-23-15-18(7-10-22(23)33)25-24(26(34)20-13-16(2)14-21(30)28(20)37-3)27(35)29(36)32(25)12-11-17-5-8-19(31)9-6-17/h5-10,13-15,25,33-34H,4,11-12H2,1-3H3/b26-24+. The smallest absolute Gasteiger partial charge is 0.295 e. The number of hydrogen-bond donors (Lipinski definition) is 2. The van der Waals surface area contributed by atoms with E-state index in [0.717, 1.165) is 5.56 Å². The molecule has 1 saturated heterocycles. The summed E-state index contributed by atoms with van der Waals surface area (Å²) in [5, 5.41) is 22.0. The number of ether oxygens (including phenoxy) is 2. The summed E-state index contributed by atoms with van der Waals surface area (Å²) >= 11 is 6.34. The maximum atomic E-state index is 13.4. The van der Waals surface area contributed by atoms with Crippen LogP contribution in [0.15, 0.2) is 60.2 Å². The van der Waals surface area contributed by atoms with E-state index in [9.17, 15) is 24.2 Å². The van der Waals surface area contributed by atoms with E-state index in [2.05, 4.69) is 0 Å². The lowest BCUT2D eigenvalue weighted by atomic mass is 9.94. The lowest BCUT2D eigenvalue weighted by Crippen LogP contribution is -2.31. The van der Waals surface area contributed by atoms with Gasteiger partial charge in [0.25, 0.3) is 11.7 Å². The van der Waals surface area contributed by atoms with Gasteiger partial charge in [-0.25, -0.2) is 4.39 Å². The monoisotopic (exact) mass is 539 g/mol. The van der Waals surface area contributed by atoms with Gasteiger partial charge in [-0.3, -0.25) is 9.59 Å². The molecule has 0 bridgehead atoms. The molecule has 0 aromatic heterocycles.